The van der Waals surface area contributed by atoms with E-state index in [9.17, 15) is 9.59 Å². The number of Topliss-reactive ketones (excluding diaryl/α,β-unsaturated/α-hetero) is 1. The van der Waals surface area contributed by atoms with Crippen LogP contribution in [0.25, 0.3) is 0 Å². The maximum absolute atomic E-state index is 11.6. The zero-order chi connectivity index (χ0) is 16.5. The third-order valence-corrected chi connectivity index (χ3v) is 3.47. The molecule has 0 unspecified atom stereocenters. The first-order valence-corrected chi connectivity index (χ1v) is 7.58. The summed E-state index contributed by atoms with van der Waals surface area (Å²) >= 11 is 5.91. The van der Waals surface area contributed by atoms with Crippen molar-refractivity contribution >= 4 is 23.3 Å². The lowest BCUT2D eigenvalue weighted by Gasteiger charge is -2.11. The van der Waals surface area contributed by atoms with E-state index in [4.69, 9.17) is 21.1 Å². The van der Waals surface area contributed by atoms with Gasteiger partial charge in [-0.05, 0) is 44.0 Å². The predicted molar refractivity (Wildman–Crippen MR) is 85.4 cm³/mol. The predicted octanol–water partition coefficient (Wildman–Crippen LogP) is 2.53. The number of halogens is 1. The van der Waals surface area contributed by atoms with Gasteiger partial charge in [0, 0.05) is 11.1 Å². The van der Waals surface area contributed by atoms with Gasteiger partial charge in [0.05, 0.1) is 0 Å². The van der Waals surface area contributed by atoms with Gasteiger partial charge in [0.1, 0.15) is 25.6 Å². The molecule has 0 fully saturated rings. The van der Waals surface area contributed by atoms with Crippen molar-refractivity contribution < 1.29 is 19.1 Å². The molecule has 0 aliphatic rings. The summed E-state index contributed by atoms with van der Waals surface area (Å²) in [4.78, 5) is 23.1. The van der Waals surface area contributed by atoms with E-state index in [2.05, 4.69) is 5.32 Å². The lowest BCUT2D eigenvalue weighted by molar-refractivity contribution is -0.131. The van der Waals surface area contributed by atoms with Gasteiger partial charge in [-0.25, -0.2) is 0 Å². The molecule has 0 bridgehead atoms. The van der Waals surface area contributed by atoms with Crippen molar-refractivity contribution in [2.45, 2.75) is 33.2 Å². The van der Waals surface area contributed by atoms with Crippen molar-refractivity contribution in [1.29, 1.82) is 0 Å². The normalized spacial score (nSPS) is 11.8. The van der Waals surface area contributed by atoms with Gasteiger partial charge in [-0.1, -0.05) is 18.5 Å². The molecule has 1 N–H and O–H groups in total. The number of carbonyl (C=O) groups excluding carboxylic acids is 2. The molecular formula is C16H22ClNO4. The number of nitrogens with one attached hydrogen (secondary N) is 1. The Kier molecular flexibility index (Phi) is 7.91. The van der Waals surface area contributed by atoms with E-state index in [-0.39, 0.29) is 37.6 Å². The van der Waals surface area contributed by atoms with Crippen molar-refractivity contribution in [1.82, 2.24) is 5.32 Å². The molecule has 0 heterocycles. The molecule has 1 atom stereocenters. The third-order valence-electron chi connectivity index (χ3n) is 3.05. The molecule has 1 amide bonds. The fourth-order valence-corrected chi connectivity index (χ4v) is 1.71. The van der Waals surface area contributed by atoms with Gasteiger partial charge >= 0.3 is 0 Å². The molecular weight excluding hydrogens is 306 g/mol. The van der Waals surface area contributed by atoms with Crippen LogP contribution in [-0.2, 0) is 14.3 Å². The van der Waals surface area contributed by atoms with Crippen LogP contribution in [0.5, 0.6) is 5.75 Å². The summed E-state index contributed by atoms with van der Waals surface area (Å²) in [5.41, 5.74) is 0.879. The number of carbonyl (C=O) groups is 2. The summed E-state index contributed by atoms with van der Waals surface area (Å²) in [5.74, 6) is 0.116. The number of rotatable bonds is 9. The number of hydrogen-bond acceptors (Lipinski definition) is 4. The highest BCUT2D eigenvalue weighted by Gasteiger charge is 2.08. The molecule has 0 aromatic heterocycles. The van der Waals surface area contributed by atoms with Crippen molar-refractivity contribution in [3.8, 4) is 5.75 Å². The molecule has 122 valence electrons. The van der Waals surface area contributed by atoms with E-state index in [1.54, 1.807) is 18.2 Å². The van der Waals surface area contributed by atoms with Crippen molar-refractivity contribution in [3.63, 3.8) is 0 Å². The van der Waals surface area contributed by atoms with Crippen LogP contribution in [0.2, 0.25) is 5.02 Å². The van der Waals surface area contributed by atoms with E-state index in [0.717, 1.165) is 12.0 Å². The molecule has 1 aromatic rings. The van der Waals surface area contributed by atoms with Gasteiger partial charge in [0.2, 0.25) is 5.91 Å². The van der Waals surface area contributed by atoms with Crippen LogP contribution in [0, 0.1) is 6.92 Å². The Balaban J connectivity index is 2.23. The Morgan fingerprint density at radius 1 is 1.27 bits per heavy atom. The second-order valence-electron chi connectivity index (χ2n) is 5.11. The molecule has 1 rings (SSSR count). The van der Waals surface area contributed by atoms with E-state index < -0.39 is 0 Å². The molecule has 1 aromatic carbocycles. The van der Waals surface area contributed by atoms with Crippen LogP contribution in [0.15, 0.2) is 18.2 Å². The molecule has 0 saturated carbocycles. The molecule has 6 heteroatoms. The average molecular weight is 328 g/mol. The Hall–Kier alpha value is -1.59. The standard InChI is InChI=1S/C16H22ClNO4/c1-4-12(3)18-16(20)10-21-8-13(19)9-22-14-5-6-15(17)11(2)7-14/h5-7,12H,4,8-10H2,1-3H3,(H,18,20)/t12-/m0/s1. The maximum Gasteiger partial charge on any atom is 0.246 e. The van der Waals surface area contributed by atoms with Crippen molar-refractivity contribution in [2.24, 2.45) is 0 Å². The van der Waals surface area contributed by atoms with Gasteiger partial charge < -0.3 is 14.8 Å². The van der Waals surface area contributed by atoms with Crippen LogP contribution in [0.4, 0.5) is 0 Å². The van der Waals surface area contributed by atoms with Crippen LogP contribution < -0.4 is 10.1 Å². The lowest BCUT2D eigenvalue weighted by atomic mass is 10.2. The highest BCUT2D eigenvalue weighted by atomic mass is 35.5. The highest BCUT2D eigenvalue weighted by molar-refractivity contribution is 6.31. The minimum Gasteiger partial charge on any atom is -0.486 e. The van der Waals surface area contributed by atoms with Gasteiger partial charge in [-0.15, -0.1) is 0 Å². The van der Waals surface area contributed by atoms with Gasteiger partial charge in [0.15, 0.2) is 5.78 Å². The summed E-state index contributed by atoms with van der Waals surface area (Å²) in [6, 6.07) is 5.27. The zero-order valence-corrected chi connectivity index (χ0v) is 13.9. The molecule has 0 radical (unpaired) electrons. The summed E-state index contributed by atoms with van der Waals surface area (Å²) in [7, 11) is 0. The lowest BCUT2D eigenvalue weighted by Crippen LogP contribution is -2.35. The topological polar surface area (TPSA) is 64.6 Å². The summed E-state index contributed by atoms with van der Waals surface area (Å²) in [6.45, 7) is 5.36. The molecule has 5 nitrogen and oxygen atoms in total. The number of hydrogen-bond donors (Lipinski definition) is 1. The summed E-state index contributed by atoms with van der Waals surface area (Å²) in [6.07, 6.45) is 0.846. The Bertz CT molecular complexity index is 519. The van der Waals surface area contributed by atoms with Crippen molar-refractivity contribution in [2.75, 3.05) is 19.8 Å². The molecule has 0 saturated heterocycles. The van der Waals surface area contributed by atoms with E-state index in [1.807, 2.05) is 20.8 Å². The Morgan fingerprint density at radius 2 is 2.00 bits per heavy atom. The maximum atomic E-state index is 11.6. The summed E-state index contributed by atoms with van der Waals surface area (Å²) in [5, 5.41) is 3.40. The molecule has 0 aliphatic heterocycles. The van der Waals surface area contributed by atoms with Crippen LogP contribution in [0.1, 0.15) is 25.8 Å². The third kappa shape index (κ3) is 6.91. The average Bonchev–Trinajstić information content (AvgIpc) is 2.48. The fourth-order valence-electron chi connectivity index (χ4n) is 1.59. The number of aryl methyl sites for hydroxylation is 1. The number of amides is 1. The van der Waals surface area contributed by atoms with Gasteiger partial charge in [-0.3, -0.25) is 9.59 Å². The largest absolute Gasteiger partial charge is 0.486 e. The van der Waals surface area contributed by atoms with Crippen LogP contribution >= 0.6 is 11.6 Å². The first kappa shape index (κ1) is 18.5. The number of ether oxygens (including phenoxy) is 2. The highest BCUT2D eigenvalue weighted by Crippen LogP contribution is 2.20. The minimum atomic E-state index is -0.232. The van der Waals surface area contributed by atoms with E-state index in [0.29, 0.717) is 10.8 Å². The molecule has 0 spiro atoms. The van der Waals surface area contributed by atoms with Crippen LogP contribution in [-0.4, -0.2) is 37.6 Å². The van der Waals surface area contributed by atoms with E-state index >= 15 is 0 Å². The zero-order valence-electron chi connectivity index (χ0n) is 13.1. The monoisotopic (exact) mass is 327 g/mol. The van der Waals surface area contributed by atoms with Gasteiger partial charge in [0.25, 0.3) is 0 Å². The Morgan fingerprint density at radius 3 is 2.64 bits per heavy atom. The molecule has 0 aliphatic carbocycles. The second-order valence-corrected chi connectivity index (χ2v) is 5.52. The first-order chi connectivity index (χ1) is 10.4. The minimum absolute atomic E-state index is 0.100. The van der Waals surface area contributed by atoms with Gasteiger partial charge in [-0.2, -0.15) is 0 Å². The first-order valence-electron chi connectivity index (χ1n) is 7.20. The number of benzene rings is 1. The molecule has 22 heavy (non-hydrogen) atoms. The quantitative estimate of drug-likeness (QED) is 0.757. The summed E-state index contributed by atoms with van der Waals surface area (Å²) < 4.78 is 10.4. The Labute approximate surface area is 135 Å². The number of ketones is 1. The van der Waals surface area contributed by atoms with Crippen LogP contribution in [0.3, 0.4) is 0 Å². The van der Waals surface area contributed by atoms with E-state index in [1.165, 1.54) is 0 Å². The van der Waals surface area contributed by atoms with Crippen molar-refractivity contribution in [3.05, 3.63) is 28.8 Å². The SMILES string of the molecule is CC[C@H](C)NC(=O)COCC(=O)COc1ccc(Cl)c(C)c1. The fraction of sp³-hybridized carbons (Fsp3) is 0.500. The second kappa shape index (κ2) is 9.43. The smallest absolute Gasteiger partial charge is 0.246 e.